The van der Waals surface area contributed by atoms with Crippen molar-refractivity contribution in [1.29, 1.82) is 0 Å². The maximum Gasteiger partial charge on any atom is 0.254 e. The average molecular weight is 374 g/mol. The molecule has 28 heavy (non-hydrogen) atoms. The van der Waals surface area contributed by atoms with Gasteiger partial charge in [0.2, 0.25) is 0 Å². The van der Waals surface area contributed by atoms with Gasteiger partial charge in [-0.3, -0.25) is 9.69 Å². The fraction of sp³-hybridized carbons (Fsp3) is 0.348. The van der Waals surface area contributed by atoms with Gasteiger partial charge in [-0.05, 0) is 44.0 Å². The second-order valence-corrected chi connectivity index (χ2v) is 7.47. The molecule has 3 aromatic rings. The summed E-state index contributed by atoms with van der Waals surface area (Å²) in [6, 6.07) is 16.2. The summed E-state index contributed by atoms with van der Waals surface area (Å²) in [5.41, 5.74) is 5.52. The summed E-state index contributed by atoms with van der Waals surface area (Å²) in [5, 5.41) is 0. The highest BCUT2D eigenvalue weighted by atomic mass is 16.2. The van der Waals surface area contributed by atoms with E-state index >= 15 is 0 Å². The molecule has 0 spiro atoms. The Hall–Kier alpha value is -2.79. The zero-order valence-corrected chi connectivity index (χ0v) is 16.6. The highest BCUT2D eigenvalue weighted by molar-refractivity contribution is 5.97. The van der Waals surface area contributed by atoms with Crippen molar-refractivity contribution in [3.05, 3.63) is 71.0 Å². The Bertz CT molecular complexity index is 979. The molecular weight excluding hydrogens is 348 g/mol. The Labute approximate surface area is 166 Å². The van der Waals surface area contributed by atoms with Crippen LogP contribution in [0.2, 0.25) is 0 Å². The maximum atomic E-state index is 12.9. The Morgan fingerprint density at radius 1 is 0.893 bits per heavy atom. The van der Waals surface area contributed by atoms with Gasteiger partial charge in [0, 0.05) is 38.3 Å². The van der Waals surface area contributed by atoms with Gasteiger partial charge < -0.3 is 4.90 Å². The van der Waals surface area contributed by atoms with E-state index in [2.05, 4.69) is 45.2 Å². The lowest BCUT2D eigenvalue weighted by Gasteiger charge is -2.34. The highest BCUT2D eigenvalue weighted by Crippen LogP contribution is 2.17. The summed E-state index contributed by atoms with van der Waals surface area (Å²) >= 11 is 0. The minimum Gasteiger partial charge on any atom is -0.336 e. The number of amides is 1. The van der Waals surface area contributed by atoms with E-state index < -0.39 is 0 Å². The number of aromatic nitrogens is 2. The summed E-state index contributed by atoms with van der Waals surface area (Å²) in [5.74, 6) is 0.0876. The SMILES string of the molecule is Cc1nc2ccc(C(=O)N3CCN(CCc4ccccc4)CC3)cc2nc1C. The summed E-state index contributed by atoms with van der Waals surface area (Å²) in [7, 11) is 0. The number of carbonyl (C=O) groups excluding carboxylic acids is 1. The predicted molar refractivity (Wildman–Crippen MR) is 112 cm³/mol. The number of hydrogen-bond donors (Lipinski definition) is 0. The van der Waals surface area contributed by atoms with E-state index in [1.165, 1.54) is 5.56 Å². The maximum absolute atomic E-state index is 12.9. The van der Waals surface area contributed by atoms with Crippen LogP contribution in [0.15, 0.2) is 48.5 Å². The molecule has 1 aliphatic rings. The van der Waals surface area contributed by atoms with Gasteiger partial charge in [0.15, 0.2) is 0 Å². The number of piperazine rings is 1. The van der Waals surface area contributed by atoms with Crippen molar-refractivity contribution < 1.29 is 4.79 Å². The zero-order chi connectivity index (χ0) is 19.5. The number of nitrogens with zero attached hydrogens (tertiary/aromatic N) is 4. The smallest absolute Gasteiger partial charge is 0.254 e. The van der Waals surface area contributed by atoms with Crippen LogP contribution < -0.4 is 0 Å². The van der Waals surface area contributed by atoms with Gasteiger partial charge >= 0.3 is 0 Å². The molecule has 2 aromatic carbocycles. The van der Waals surface area contributed by atoms with Crippen LogP contribution in [-0.2, 0) is 6.42 Å². The molecule has 0 aliphatic carbocycles. The zero-order valence-electron chi connectivity index (χ0n) is 16.6. The number of benzene rings is 2. The monoisotopic (exact) mass is 374 g/mol. The first kappa shape index (κ1) is 18.6. The minimum atomic E-state index is 0.0876. The summed E-state index contributed by atoms with van der Waals surface area (Å²) in [6.07, 6.45) is 1.05. The van der Waals surface area contributed by atoms with Gasteiger partial charge in [-0.25, -0.2) is 9.97 Å². The Balaban J connectivity index is 1.37. The lowest BCUT2D eigenvalue weighted by atomic mass is 10.1. The highest BCUT2D eigenvalue weighted by Gasteiger charge is 2.22. The quantitative estimate of drug-likeness (QED) is 0.703. The van der Waals surface area contributed by atoms with E-state index in [1.54, 1.807) is 0 Å². The standard InChI is InChI=1S/C23H26N4O/c1-17-18(2)25-22-16-20(8-9-21(22)24-17)23(28)27-14-12-26(13-15-27)11-10-19-6-4-3-5-7-19/h3-9,16H,10-15H2,1-2H3. The van der Waals surface area contributed by atoms with E-state index in [0.717, 1.165) is 61.6 Å². The number of carbonyl (C=O) groups is 1. The first-order chi connectivity index (χ1) is 13.6. The first-order valence-corrected chi connectivity index (χ1v) is 9.91. The van der Waals surface area contributed by atoms with Gasteiger partial charge in [-0.1, -0.05) is 30.3 Å². The van der Waals surface area contributed by atoms with E-state index in [0.29, 0.717) is 5.56 Å². The predicted octanol–water partition coefficient (Wildman–Crippen LogP) is 3.25. The van der Waals surface area contributed by atoms with Gasteiger partial charge in [-0.15, -0.1) is 0 Å². The Morgan fingerprint density at radius 3 is 2.29 bits per heavy atom. The normalized spacial score (nSPS) is 15.1. The van der Waals surface area contributed by atoms with Crippen LogP contribution >= 0.6 is 0 Å². The molecule has 4 rings (SSSR count). The third-order valence-corrected chi connectivity index (χ3v) is 5.54. The summed E-state index contributed by atoms with van der Waals surface area (Å²) in [4.78, 5) is 26.5. The summed E-state index contributed by atoms with van der Waals surface area (Å²) in [6.45, 7) is 8.32. The molecule has 1 aliphatic heterocycles. The molecule has 0 bridgehead atoms. The van der Waals surface area contributed by atoms with Gasteiger partial charge in [-0.2, -0.15) is 0 Å². The lowest BCUT2D eigenvalue weighted by Crippen LogP contribution is -2.49. The number of fused-ring (bicyclic) bond motifs is 1. The molecule has 0 atom stereocenters. The van der Waals surface area contributed by atoms with Gasteiger partial charge in [0.05, 0.1) is 22.4 Å². The van der Waals surface area contributed by atoms with Gasteiger partial charge in [0.1, 0.15) is 0 Å². The third kappa shape index (κ3) is 4.04. The Morgan fingerprint density at radius 2 is 1.57 bits per heavy atom. The molecule has 5 nitrogen and oxygen atoms in total. The van der Waals surface area contributed by atoms with E-state index in [4.69, 9.17) is 0 Å². The minimum absolute atomic E-state index is 0.0876. The van der Waals surface area contributed by atoms with E-state index in [-0.39, 0.29) is 5.91 Å². The molecule has 1 aromatic heterocycles. The summed E-state index contributed by atoms with van der Waals surface area (Å²) < 4.78 is 0. The second-order valence-electron chi connectivity index (χ2n) is 7.47. The van der Waals surface area contributed by atoms with Crippen LogP contribution in [0.25, 0.3) is 11.0 Å². The first-order valence-electron chi connectivity index (χ1n) is 9.91. The van der Waals surface area contributed by atoms with Crippen molar-refractivity contribution in [2.24, 2.45) is 0 Å². The third-order valence-electron chi connectivity index (χ3n) is 5.54. The fourth-order valence-electron chi connectivity index (χ4n) is 3.65. The lowest BCUT2D eigenvalue weighted by molar-refractivity contribution is 0.0638. The number of hydrogen-bond acceptors (Lipinski definition) is 4. The molecule has 2 heterocycles. The van der Waals surface area contributed by atoms with Crippen LogP contribution in [0.1, 0.15) is 27.3 Å². The molecular formula is C23H26N4O. The molecule has 1 saturated heterocycles. The molecule has 0 radical (unpaired) electrons. The molecule has 0 saturated carbocycles. The van der Waals surface area contributed by atoms with Crippen LogP contribution in [0, 0.1) is 13.8 Å². The molecule has 1 fully saturated rings. The van der Waals surface area contributed by atoms with E-state index in [1.807, 2.05) is 36.9 Å². The van der Waals surface area contributed by atoms with Crippen molar-refractivity contribution in [3.8, 4) is 0 Å². The van der Waals surface area contributed by atoms with Crippen molar-refractivity contribution in [2.75, 3.05) is 32.7 Å². The van der Waals surface area contributed by atoms with Crippen molar-refractivity contribution in [3.63, 3.8) is 0 Å². The van der Waals surface area contributed by atoms with Crippen molar-refractivity contribution in [1.82, 2.24) is 19.8 Å². The van der Waals surface area contributed by atoms with Crippen LogP contribution in [0.5, 0.6) is 0 Å². The van der Waals surface area contributed by atoms with Crippen LogP contribution in [0.3, 0.4) is 0 Å². The van der Waals surface area contributed by atoms with Gasteiger partial charge in [0.25, 0.3) is 5.91 Å². The largest absolute Gasteiger partial charge is 0.336 e. The van der Waals surface area contributed by atoms with Crippen molar-refractivity contribution >= 4 is 16.9 Å². The molecule has 1 amide bonds. The van der Waals surface area contributed by atoms with Crippen LogP contribution in [0.4, 0.5) is 0 Å². The van der Waals surface area contributed by atoms with Crippen molar-refractivity contribution in [2.45, 2.75) is 20.3 Å². The second kappa shape index (κ2) is 8.07. The fourth-order valence-corrected chi connectivity index (χ4v) is 3.65. The van der Waals surface area contributed by atoms with Crippen LogP contribution in [-0.4, -0.2) is 58.4 Å². The molecule has 0 unspecified atom stereocenters. The molecule has 0 N–H and O–H groups in total. The topological polar surface area (TPSA) is 49.3 Å². The van der Waals surface area contributed by atoms with E-state index in [9.17, 15) is 4.79 Å². The number of rotatable bonds is 4. The molecule has 144 valence electrons. The molecule has 5 heteroatoms. The number of aryl methyl sites for hydroxylation is 2. The Kier molecular flexibility index (Phi) is 5.35. The average Bonchev–Trinajstić information content (AvgIpc) is 2.73.